The second kappa shape index (κ2) is 14.2. The van der Waals surface area contributed by atoms with Gasteiger partial charge < -0.3 is 15.0 Å². The first-order valence-corrected chi connectivity index (χ1v) is 15.0. The number of hydrogen-bond acceptors (Lipinski definition) is 5. The number of benzene rings is 2. The van der Waals surface area contributed by atoms with Crippen LogP contribution in [0.4, 0.5) is 5.69 Å². The van der Waals surface area contributed by atoms with Crippen molar-refractivity contribution in [3.63, 3.8) is 0 Å². The summed E-state index contributed by atoms with van der Waals surface area (Å²) < 4.78 is 31.8. The normalized spacial score (nSPS) is 12.9. The number of aryl methyl sites for hydroxylation is 2. The van der Waals surface area contributed by atoms with E-state index in [2.05, 4.69) is 5.32 Å². The average Bonchev–Trinajstić information content (AvgIpc) is 2.85. The summed E-state index contributed by atoms with van der Waals surface area (Å²) in [5, 5.41) is 3.01. The second-order valence-electron chi connectivity index (χ2n) is 9.90. The van der Waals surface area contributed by atoms with E-state index >= 15 is 0 Å². The molecular formula is C29H43N3O5S. The summed E-state index contributed by atoms with van der Waals surface area (Å²) >= 11 is 0. The fraction of sp³-hybridized carbons (Fsp3) is 0.517. The van der Waals surface area contributed by atoms with Crippen LogP contribution in [0.5, 0.6) is 5.75 Å². The van der Waals surface area contributed by atoms with Gasteiger partial charge in [-0.05, 0) is 81.0 Å². The topological polar surface area (TPSA) is 96.0 Å². The van der Waals surface area contributed by atoms with Crippen LogP contribution in [0.25, 0.3) is 0 Å². The minimum Gasteiger partial charge on any atom is -0.497 e. The Hall–Kier alpha value is -3.07. The third-order valence-electron chi connectivity index (χ3n) is 6.55. The molecule has 2 rings (SSSR count). The summed E-state index contributed by atoms with van der Waals surface area (Å²) in [5.41, 5.74) is 3.40. The molecule has 38 heavy (non-hydrogen) atoms. The summed E-state index contributed by atoms with van der Waals surface area (Å²) in [6.07, 6.45) is 2.85. The Morgan fingerprint density at radius 2 is 1.61 bits per heavy atom. The predicted octanol–water partition coefficient (Wildman–Crippen LogP) is 4.58. The highest BCUT2D eigenvalue weighted by molar-refractivity contribution is 7.92. The smallest absolute Gasteiger partial charge is 0.243 e. The van der Waals surface area contributed by atoms with Crippen LogP contribution < -0.4 is 14.4 Å². The fourth-order valence-corrected chi connectivity index (χ4v) is 5.34. The number of carbonyl (C=O) groups is 2. The van der Waals surface area contributed by atoms with E-state index in [4.69, 9.17) is 4.74 Å². The minimum atomic E-state index is -3.54. The number of rotatable bonds is 14. The van der Waals surface area contributed by atoms with Gasteiger partial charge in [0.2, 0.25) is 21.8 Å². The highest BCUT2D eigenvalue weighted by Crippen LogP contribution is 2.23. The number of hydrogen-bond donors (Lipinski definition) is 1. The Morgan fingerprint density at radius 3 is 2.11 bits per heavy atom. The first-order valence-electron chi connectivity index (χ1n) is 13.2. The zero-order chi connectivity index (χ0) is 28.5. The zero-order valence-corrected chi connectivity index (χ0v) is 24.6. The van der Waals surface area contributed by atoms with Crippen molar-refractivity contribution in [3.05, 3.63) is 59.2 Å². The molecule has 0 fully saturated rings. The van der Waals surface area contributed by atoms with Crippen LogP contribution in [0.3, 0.4) is 0 Å². The number of sulfonamides is 1. The van der Waals surface area contributed by atoms with E-state index in [0.29, 0.717) is 24.3 Å². The van der Waals surface area contributed by atoms with Crippen LogP contribution >= 0.6 is 0 Å². The highest BCUT2D eigenvalue weighted by Gasteiger charge is 2.29. The predicted molar refractivity (Wildman–Crippen MR) is 153 cm³/mol. The van der Waals surface area contributed by atoms with Crippen LogP contribution in [0, 0.1) is 13.8 Å². The van der Waals surface area contributed by atoms with Crippen LogP contribution in [0.15, 0.2) is 42.5 Å². The molecule has 0 saturated heterocycles. The summed E-state index contributed by atoms with van der Waals surface area (Å²) in [4.78, 5) is 28.3. The summed E-state index contributed by atoms with van der Waals surface area (Å²) in [7, 11) is -1.95. The molecule has 210 valence electrons. The molecule has 0 heterocycles. The maximum Gasteiger partial charge on any atom is 0.243 e. The number of nitrogens with zero attached hydrogens (tertiary/aromatic N) is 2. The van der Waals surface area contributed by atoms with Crippen LogP contribution in [-0.2, 0) is 26.2 Å². The fourth-order valence-electron chi connectivity index (χ4n) is 4.39. The van der Waals surface area contributed by atoms with E-state index in [1.165, 1.54) is 10.6 Å². The Bertz CT molecular complexity index is 1160. The Balaban J connectivity index is 2.25. The summed E-state index contributed by atoms with van der Waals surface area (Å²) in [5.74, 6) is 0.331. The molecule has 2 amide bonds. The van der Waals surface area contributed by atoms with Gasteiger partial charge in [-0.15, -0.1) is 0 Å². The standard InChI is InChI=1S/C29H43N3O5S/c1-8-23(5)30-29(34)27(9-2)31(20-24-12-14-26(37-6)15-13-24)28(33)11-10-16-32(38(7,35)36)25-18-21(3)17-22(4)19-25/h12-15,17-19,23,27H,8-11,16,20H2,1-7H3,(H,30,34)/t23-,27+/m1/s1. The van der Waals surface area contributed by atoms with Gasteiger partial charge in [0.1, 0.15) is 11.8 Å². The van der Waals surface area contributed by atoms with Crippen molar-refractivity contribution in [1.82, 2.24) is 10.2 Å². The molecule has 2 atom stereocenters. The molecule has 0 aliphatic heterocycles. The molecule has 0 saturated carbocycles. The third kappa shape index (κ3) is 9.04. The van der Waals surface area contributed by atoms with E-state index in [0.717, 1.165) is 23.1 Å². The van der Waals surface area contributed by atoms with Crippen molar-refractivity contribution >= 4 is 27.5 Å². The average molecular weight is 546 g/mol. The molecule has 9 heteroatoms. The van der Waals surface area contributed by atoms with Gasteiger partial charge in [-0.25, -0.2) is 8.42 Å². The molecule has 2 aromatic carbocycles. The lowest BCUT2D eigenvalue weighted by atomic mass is 10.1. The van der Waals surface area contributed by atoms with Crippen molar-refractivity contribution in [2.75, 3.05) is 24.2 Å². The molecule has 2 aromatic rings. The lowest BCUT2D eigenvalue weighted by Crippen LogP contribution is -2.50. The van der Waals surface area contributed by atoms with Gasteiger partial charge in [0.05, 0.1) is 19.1 Å². The Kier molecular flexibility index (Phi) is 11.6. The molecule has 0 radical (unpaired) electrons. The van der Waals surface area contributed by atoms with Crippen LogP contribution in [0.2, 0.25) is 0 Å². The van der Waals surface area contributed by atoms with Crippen molar-refractivity contribution in [1.29, 1.82) is 0 Å². The van der Waals surface area contributed by atoms with E-state index in [-0.39, 0.29) is 37.4 Å². The molecule has 0 aliphatic carbocycles. The molecule has 0 aromatic heterocycles. The Labute approximate surface area is 228 Å². The van der Waals surface area contributed by atoms with Gasteiger partial charge in [0, 0.05) is 25.6 Å². The van der Waals surface area contributed by atoms with Gasteiger partial charge >= 0.3 is 0 Å². The maximum atomic E-state index is 13.6. The number of nitrogens with one attached hydrogen (secondary N) is 1. The van der Waals surface area contributed by atoms with E-state index in [1.54, 1.807) is 12.0 Å². The number of amides is 2. The maximum absolute atomic E-state index is 13.6. The number of carbonyl (C=O) groups excluding carboxylic acids is 2. The lowest BCUT2D eigenvalue weighted by Gasteiger charge is -2.32. The Morgan fingerprint density at radius 1 is 1.00 bits per heavy atom. The molecule has 0 aliphatic rings. The highest BCUT2D eigenvalue weighted by atomic mass is 32.2. The second-order valence-corrected chi connectivity index (χ2v) is 11.8. The molecule has 8 nitrogen and oxygen atoms in total. The molecule has 1 N–H and O–H groups in total. The molecule has 0 unspecified atom stereocenters. The number of methoxy groups -OCH3 is 1. The minimum absolute atomic E-state index is 0.00408. The van der Waals surface area contributed by atoms with Crippen molar-refractivity contribution < 1.29 is 22.7 Å². The van der Waals surface area contributed by atoms with Crippen molar-refractivity contribution in [3.8, 4) is 5.75 Å². The number of ether oxygens (including phenoxy) is 1. The quantitative estimate of drug-likeness (QED) is 0.375. The van der Waals surface area contributed by atoms with Crippen LogP contribution in [0.1, 0.15) is 63.1 Å². The van der Waals surface area contributed by atoms with E-state index in [1.807, 2.05) is 77.1 Å². The van der Waals surface area contributed by atoms with Gasteiger partial charge in [-0.2, -0.15) is 0 Å². The van der Waals surface area contributed by atoms with Gasteiger partial charge in [-0.3, -0.25) is 13.9 Å². The van der Waals surface area contributed by atoms with Gasteiger partial charge in [0.25, 0.3) is 0 Å². The molecular weight excluding hydrogens is 502 g/mol. The molecule has 0 spiro atoms. The van der Waals surface area contributed by atoms with Gasteiger partial charge in [-0.1, -0.05) is 32.0 Å². The number of anilines is 1. The first-order chi connectivity index (χ1) is 17.9. The van der Waals surface area contributed by atoms with Crippen molar-refractivity contribution in [2.45, 2.75) is 78.9 Å². The third-order valence-corrected chi connectivity index (χ3v) is 7.74. The lowest BCUT2D eigenvalue weighted by molar-refractivity contribution is -0.141. The molecule has 0 bridgehead atoms. The van der Waals surface area contributed by atoms with E-state index in [9.17, 15) is 18.0 Å². The summed E-state index contributed by atoms with van der Waals surface area (Å²) in [6.45, 7) is 10.1. The largest absolute Gasteiger partial charge is 0.497 e. The van der Waals surface area contributed by atoms with Crippen molar-refractivity contribution in [2.24, 2.45) is 0 Å². The van der Waals surface area contributed by atoms with E-state index < -0.39 is 16.1 Å². The monoisotopic (exact) mass is 545 g/mol. The summed E-state index contributed by atoms with van der Waals surface area (Å²) in [6, 6.07) is 12.4. The first kappa shape index (κ1) is 31.1. The van der Waals surface area contributed by atoms with Gasteiger partial charge in [0.15, 0.2) is 0 Å². The van der Waals surface area contributed by atoms with Crippen LogP contribution in [-0.4, -0.2) is 57.1 Å². The zero-order valence-electron chi connectivity index (χ0n) is 23.8. The SMILES string of the molecule is CC[C@@H](C)NC(=O)[C@H](CC)N(Cc1ccc(OC)cc1)C(=O)CCCN(c1cc(C)cc(C)c1)S(C)(=O)=O.